The summed E-state index contributed by atoms with van der Waals surface area (Å²) in [7, 11) is 1.78. The maximum Gasteiger partial charge on any atom is 0.324 e. The van der Waals surface area contributed by atoms with Gasteiger partial charge in [-0.05, 0) is 19.1 Å². The number of carbonyl (C=O) groups excluding carboxylic acids is 1. The van der Waals surface area contributed by atoms with Crippen LogP contribution in [-0.4, -0.2) is 57.0 Å². The van der Waals surface area contributed by atoms with E-state index in [-0.39, 0.29) is 11.8 Å². The summed E-state index contributed by atoms with van der Waals surface area (Å²) in [5.41, 5.74) is 0.965. The molecule has 2 N–H and O–H groups in total. The fraction of sp³-hybridized carbons (Fsp3) is 0.400. The van der Waals surface area contributed by atoms with E-state index in [4.69, 9.17) is 0 Å². The Bertz CT molecular complexity index is 686. The summed E-state index contributed by atoms with van der Waals surface area (Å²) in [6.07, 6.45) is 0. The molecule has 0 unspecified atom stereocenters. The monoisotopic (exact) mass is 316 g/mol. The Kier molecular flexibility index (Phi) is 4.05. The Morgan fingerprint density at radius 3 is 2.61 bits per heavy atom. The van der Waals surface area contributed by atoms with Crippen molar-refractivity contribution in [2.75, 3.05) is 36.4 Å². The highest BCUT2D eigenvalue weighted by atomic mass is 16.3. The van der Waals surface area contributed by atoms with Crippen molar-refractivity contribution in [3.05, 3.63) is 30.1 Å². The number of nitrogens with zero attached hydrogens (tertiary/aromatic N) is 5. The topological polar surface area (TPSA) is 86.5 Å². The lowest BCUT2D eigenvalue weighted by atomic mass is 10.2. The summed E-state index contributed by atoms with van der Waals surface area (Å²) in [5, 5.41) is 16.4. The molecule has 122 valence electrons. The van der Waals surface area contributed by atoms with Gasteiger partial charge in [0, 0.05) is 45.0 Å². The molecule has 1 saturated heterocycles. The first-order valence-corrected chi connectivity index (χ1v) is 7.50. The Morgan fingerprint density at radius 2 is 2.00 bits per heavy atom. The molecule has 0 aliphatic carbocycles. The molecular weight excluding hydrogens is 296 g/mol. The van der Waals surface area contributed by atoms with Crippen molar-refractivity contribution < 1.29 is 9.90 Å². The van der Waals surface area contributed by atoms with Crippen LogP contribution in [0.25, 0.3) is 0 Å². The van der Waals surface area contributed by atoms with Crippen LogP contribution in [0.3, 0.4) is 0 Å². The second-order valence-electron chi connectivity index (χ2n) is 5.53. The van der Waals surface area contributed by atoms with Crippen molar-refractivity contribution in [3.8, 4) is 5.75 Å². The smallest absolute Gasteiger partial charge is 0.324 e. The Hall–Kier alpha value is -2.77. The third-order valence-electron chi connectivity index (χ3n) is 3.96. The lowest BCUT2D eigenvalue weighted by Crippen LogP contribution is -2.50. The van der Waals surface area contributed by atoms with Crippen molar-refractivity contribution in [1.82, 2.24) is 19.7 Å². The quantitative estimate of drug-likeness (QED) is 0.869. The van der Waals surface area contributed by atoms with Gasteiger partial charge < -0.3 is 14.9 Å². The maximum atomic E-state index is 12.3. The first-order valence-electron chi connectivity index (χ1n) is 7.50. The summed E-state index contributed by atoms with van der Waals surface area (Å²) in [5.74, 6) is 1.32. The number of phenolic OH excluding ortho intramolecular Hbond substituents is 1. The van der Waals surface area contributed by atoms with Gasteiger partial charge >= 0.3 is 6.03 Å². The van der Waals surface area contributed by atoms with Crippen LogP contribution in [0.4, 0.5) is 16.4 Å². The molecule has 0 radical (unpaired) electrons. The predicted octanol–water partition coefficient (Wildman–Crippen LogP) is 1.18. The average Bonchev–Trinajstić information content (AvgIpc) is 2.85. The van der Waals surface area contributed by atoms with Gasteiger partial charge in [0.1, 0.15) is 11.6 Å². The molecule has 0 saturated carbocycles. The normalized spacial score (nSPS) is 14.9. The standard InChI is InChI=1S/C15H20N6O2/c1-11-16-14(18-19(11)2)17-15(23)21-8-6-20(7-9-21)12-4-3-5-13(22)10-12/h3-5,10,22H,6-9H2,1-2H3,(H,17,18,23). The predicted molar refractivity (Wildman–Crippen MR) is 86.7 cm³/mol. The van der Waals surface area contributed by atoms with Gasteiger partial charge in [0.15, 0.2) is 0 Å². The van der Waals surface area contributed by atoms with Gasteiger partial charge in [-0.1, -0.05) is 6.07 Å². The number of carbonyl (C=O) groups is 1. The molecule has 0 bridgehead atoms. The number of amides is 2. The highest BCUT2D eigenvalue weighted by Crippen LogP contribution is 2.21. The molecule has 8 nitrogen and oxygen atoms in total. The highest BCUT2D eigenvalue weighted by Gasteiger charge is 2.22. The van der Waals surface area contributed by atoms with Crippen molar-refractivity contribution >= 4 is 17.7 Å². The van der Waals surface area contributed by atoms with Crippen molar-refractivity contribution in [3.63, 3.8) is 0 Å². The lowest BCUT2D eigenvalue weighted by molar-refractivity contribution is 0.208. The first-order chi connectivity index (χ1) is 11.0. The van der Waals surface area contributed by atoms with Crippen LogP contribution in [0.1, 0.15) is 5.82 Å². The minimum absolute atomic E-state index is 0.189. The zero-order valence-electron chi connectivity index (χ0n) is 13.2. The summed E-state index contributed by atoms with van der Waals surface area (Å²) in [6, 6.07) is 6.96. The van der Waals surface area contributed by atoms with Crippen LogP contribution in [0, 0.1) is 6.92 Å². The molecule has 1 aromatic heterocycles. The molecule has 2 amide bonds. The fourth-order valence-electron chi connectivity index (χ4n) is 2.55. The largest absolute Gasteiger partial charge is 0.508 e. The summed E-state index contributed by atoms with van der Waals surface area (Å²) < 4.78 is 1.62. The summed E-state index contributed by atoms with van der Waals surface area (Å²) in [4.78, 5) is 20.3. The number of aromatic nitrogens is 3. The third-order valence-corrected chi connectivity index (χ3v) is 3.96. The Labute approximate surface area is 134 Å². The number of anilines is 2. The van der Waals surface area contributed by atoms with Crippen LogP contribution in [0.15, 0.2) is 24.3 Å². The number of urea groups is 1. The van der Waals surface area contributed by atoms with Crippen LogP contribution < -0.4 is 10.2 Å². The second-order valence-corrected chi connectivity index (χ2v) is 5.53. The van der Waals surface area contributed by atoms with Crippen LogP contribution in [0.2, 0.25) is 0 Å². The lowest BCUT2D eigenvalue weighted by Gasteiger charge is -2.35. The molecule has 1 aromatic carbocycles. The molecule has 2 heterocycles. The van der Waals surface area contributed by atoms with E-state index in [1.165, 1.54) is 0 Å². The minimum atomic E-state index is -0.189. The zero-order valence-corrected chi connectivity index (χ0v) is 13.2. The average molecular weight is 316 g/mol. The van der Waals surface area contributed by atoms with E-state index in [0.29, 0.717) is 32.1 Å². The fourth-order valence-corrected chi connectivity index (χ4v) is 2.55. The summed E-state index contributed by atoms with van der Waals surface area (Å²) >= 11 is 0. The number of aryl methyl sites for hydroxylation is 2. The molecule has 8 heteroatoms. The first kappa shape index (κ1) is 15.1. The SMILES string of the molecule is Cc1nc(NC(=O)N2CCN(c3cccc(O)c3)CC2)nn1C. The molecule has 3 rings (SSSR count). The van der Waals surface area contributed by atoms with Gasteiger partial charge in [-0.25, -0.2) is 4.79 Å². The van der Waals surface area contributed by atoms with E-state index in [1.807, 2.05) is 19.1 Å². The molecule has 1 aliphatic heterocycles. The minimum Gasteiger partial charge on any atom is -0.508 e. The Morgan fingerprint density at radius 1 is 1.26 bits per heavy atom. The van der Waals surface area contributed by atoms with E-state index in [0.717, 1.165) is 11.5 Å². The third kappa shape index (κ3) is 3.36. The van der Waals surface area contributed by atoms with E-state index in [1.54, 1.807) is 28.8 Å². The zero-order chi connectivity index (χ0) is 16.4. The molecule has 0 spiro atoms. The van der Waals surface area contributed by atoms with E-state index in [2.05, 4.69) is 20.3 Å². The number of hydrogen-bond acceptors (Lipinski definition) is 5. The molecule has 1 aliphatic rings. The number of hydrogen-bond donors (Lipinski definition) is 2. The number of aromatic hydroxyl groups is 1. The second kappa shape index (κ2) is 6.15. The molecule has 23 heavy (non-hydrogen) atoms. The maximum absolute atomic E-state index is 12.3. The molecular formula is C15H20N6O2. The van der Waals surface area contributed by atoms with Crippen molar-refractivity contribution in [2.24, 2.45) is 7.05 Å². The number of piperazine rings is 1. The number of nitrogens with one attached hydrogen (secondary N) is 1. The van der Waals surface area contributed by atoms with Crippen molar-refractivity contribution in [2.45, 2.75) is 6.92 Å². The number of benzene rings is 1. The van der Waals surface area contributed by atoms with Crippen molar-refractivity contribution in [1.29, 1.82) is 0 Å². The van der Waals surface area contributed by atoms with Crippen LogP contribution in [-0.2, 0) is 7.05 Å². The molecule has 1 fully saturated rings. The van der Waals surface area contributed by atoms with Gasteiger partial charge in [0.25, 0.3) is 0 Å². The van der Waals surface area contributed by atoms with Gasteiger partial charge in [0.05, 0.1) is 0 Å². The molecule has 0 atom stereocenters. The van der Waals surface area contributed by atoms with Gasteiger partial charge in [-0.15, -0.1) is 5.10 Å². The Balaban J connectivity index is 1.57. The van der Waals surface area contributed by atoms with E-state index in [9.17, 15) is 9.90 Å². The number of rotatable bonds is 2. The van der Waals surface area contributed by atoms with Gasteiger partial charge in [0.2, 0.25) is 5.95 Å². The van der Waals surface area contributed by atoms with Crippen LogP contribution in [0.5, 0.6) is 5.75 Å². The highest BCUT2D eigenvalue weighted by molar-refractivity contribution is 5.87. The summed E-state index contributed by atoms with van der Waals surface area (Å²) in [6.45, 7) is 4.47. The van der Waals surface area contributed by atoms with E-state index < -0.39 is 0 Å². The van der Waals surface area contributed by atoms with Gasteiger partial charge in [-0.2, -0.15) is 4.98 Å². The van der Waals surface area contributed by atoms with Gasteiger partial charge in [-0.3, -0.25) is 10.00 Å². The van der Waals surface area contributed by atoms with Crippen LogP contribution >= 0.6 is 0 Å². The number of phenols is 1. The van der Waals surface area contributed by atoms with E-state index >= 15 is 0 Å². The molecule has 2 aromatic rings.